The highest BCUT2D eigenvalue weighted by atomic mass is 16.2. The molecular weight excluding hydrogens is 242 g/mol. The third-order valence-electron chi connectivity index (χ3n) is 2.90. The van der Waals surface area contributed by atoms with Gasteiger partial charge in [-0.15, -0.1) is 0 Å². The van der Waals surface area contributed by atoms with Gasteiger partial charge < -0.3 is 16.4 Å². The molecule has 0 heterocycles. The Morgan fingerprint density at radius 1 is 1.26 bits per heavy atom. The van der Waals surface area contributed by atoms with Crippen molar-refractivity contribution < 1.29 is 9.59 Å². The summed E-state index contributed by atoms with van der Waals surface area (Å²) < 4.78 is 0. The number of benzene rings is 1. The quantitative estimate of drug-likeness (QED) is 0.709. The second-order valence-corrected chi connectivity index (χ2v) is 4.33. The summed E-state index contributed by atoms with van der Waals surface area (Å²) >= 11 is 0. The molecule has 0 bridgehead atoms. The van der Waals surface area contributed by atoms with E-state index >= 15 is 0 Å². The van der Waals surface area contributed by atoms with E-state index in [4.69, 9.17) is 5.73 Å². The summed E-state index contributed by atoms with van der Waals surface area (Å²) in [6, 6.07) is 6.55. The summed E-state index contributed by atoms with van der Waals surface area (Å²) in [5.41, 5.74) is 7.00. The highest BCUT2D eigenvalue weighted by molar-refractivity contribution is 5.97. The van der Waals surface area contributed by atoms with Crippen molar-refractivity contribution in [3.63, 3.8) is 0 Å². The first-order valence-electron chi connectivity index (χ1n) is 6.43. The second-order valence-electron chi connectivity index (χ2n) is 4.33. The number of amides is 2. The minimum absolute atomic E-state index is 0.172. The normalized spacial score (nSPS) is 11.7. The van der Waals surface area contributed by atoms with Crippen LogP contribution in [0.3, 0.4) is 0 Å². The zero-order chi connectivity index (χ0) is 14.3. The first kappa shape index (κ1) is 15.2. The second kappa shape index (κ2) is 7.53. The zero-order valence-corrected chi connectivity index (χ0v) is 11.4. The number of rotatable bonds is 6. The van der Waals surface area contributed by atoms with Crippen LogP contribution in [0.2, 0.25) is 0 Å². The third-order valence-corrected chi connectivity index (χ3v) is 2.90. The Bertz CT molecular complexity index is 429. The fourth-order valence-electron chi connectivity index (χ4n) is 1.77. The van der Waals surface area contributed by atoms with Crippen LogP contribution in [-0.2, 0) is 11.3 Å². The maximum atomic E-state index is 12.0. The standard InChI is InChI=1S/C14H21N3O2/c1-3-4-12(14(19)16-2)17-13(18)11-7-5-10(9-15)6-8-11/h5-8,12H,3-4,9,15H2,1-2H3,(H,16,19)(H,17,18). The maximum absolute atomic E-state index is 12.0. The number of hydrogen-bond donors (Lipinski definition) is 3. The lowest BCUT2D eigenvalue weighted by Gasteiger charge is -2.16. The number of likely N-dealkylation sites (N-methyl/N-ethyl adjacent to an activating group) is 1. The fourth-order valence-corrected chi connectivity index (χ4v) is 1.77. The van der Waals surface area contributed by atoms with Gasteiger partial charge in [0.15, 0.2) is 0 Å². The van der Waals surface area contributed by atoms with E-state index < -0.39 is 6.04 Å². The van der Waals surface area contributed by atoms with Crippen LogP contribution in [-0.4, -0.2) is 24.9 Å². The molecule has 1 unspecified atom stereocenters. The molecule has 2 amide bonds. The van der Waals surface area contributed by atoms with E-state index in [1.54, 1.807) is 19.2 Å². The minimum atomic E-state index is -0.489. The Kier molecular flexibility index (Phi) is 6.02. The molecule has 0 saturated carbocycles. The van der Waals surface area contributed by atoms with E-state index in [2.05, 4.69) is 10.6 Å². The molecule has 0 aliphatic carbocycles. The molecule has 0 aromatic heterocycles. The number of carbonyl (C=O) groups excluding carboxylic acids is 2. The van der Waals surface area contributed by atoms with Crippen LogP contribution >= 0.6 is 0 Å². The summed E-state index contributed by atoms with van der Waals surface area (Å²) in [6.45, 7) is 2.41. The summed E-state index contributed by atoms with van der Waals surface area (Å²) in [5.74, 6) is -0.417. The number of carbonyl (C=O) groups is 2. The molecule has 19 heavy (non-hydrogen) atoms. The summed E-state index contributed by atoms with van der Waals surface area (Å²) in [7, 11) is 1.56. The van der Waals surface area contributed by atoms with Gasteiger partial charge in [0.1, 0.15) is 6.04 Å². The van der Waals surface area contributed by atoms with E-state index in [1.165, 1.54) is 0 Å². The maximum Gasteiger partial charge on any atom is 0.251 e. The SMILES string of the molecule is CCCC(NC(=O)c1ccc(CN)cc1)C(=O)NC. The van der Waals surface area contributed by atoms with E-state index in [1.807, 2.05) is 19.1 Å². The van der Waals surface area contributed by atoms with Crippen molar-refractivity contribution in [2.45, 2.75) is 32.4 Å². The van der Waals surface area contributed by atoms with Crippen LogP contribution in [0.4, 0.5) is 0 Å². The molecule has 1 atom stereocenters. The van der Waals surface area contributed by atoms with E-state index in [-0.39, 0.29) is 11.8 Å². The van der Waals surface area contributed by atoms with Crippen molar-refractivity contribution in [2.75, 3.05) is 7.05 Å². The smallest absolute Gasteiger partial charge is 0.251 e. The molecule has 1 rings (SSSR count). The molecule has 104 valence electrons. The fraction of sp³-hybridized carbons (Fsp3) is 0.429. The number of hydrogen-bond acceptors (Lipinski definition) is 3. The molecule has 1 aromatic rings. The lowest BCUT2D eigenvalue weighted by molar-refractivity contribution is -0.122. The Labute approximate surface area is 113 Å². The predicted octanol–water partition coefficient (Wildman–Crippen LogP) is 0.790. The van der Waals surface area contributed by atoms with Gasteiger partial charge in [0.05, 0.1) is 0 Å². The van der Waals surface area contributed by atoms with Gasteiger partial charge in [-0.1, -0.05) is 25.5 Å². The molecule has 0 radical (unpaired) electrons. The van der Waals surface area contributed by atoms with Crippen molar-refractivity contribution in [1.82, 2.24) is 10.6 Å². The first-order chi connectivity index (χ1) is 9.12. The van der Waals surface area contributed by atoms with Gasteiger partial charge in [-0.2, -0.15) is 0 Å². The van der Waals surface area contributed by atoms with Crippen molar-refractivity contribution in [2.24, 2.45) is 5.73 Å². The monoisotopic (exact) mass is 263 g/mol. The summed E-state index contributed by atoms with van der Waals surface area (Å²) in [6.07, 6.45) is 1.44. The molecular formula is C14H21N3O2. The average molecular weight is 263 g/mol. The Hall–Kier alpha value is -1.88. The molecule has 4 N–H and O–H groups in total. The lowest BCUT2D eigenvalue weighted by Crippen LogP contribution is -2.45. The molecule has 5 heteroatoms. The van der Waals surface area contributed by atoms with Gasteiger partial charge in [0.25, 0.3) is 5.91 Å². The third kappa shape index (κ3) is 4.37. The highest BCUT2D eigenvalue weighted by Gasteiger charge is 2.19. The number of nitrogens with two attached hydrogens (primary N) is 1. The lowest BCUT2D eigenvalue weighted by atomic mass is 10.1. The minimum Gasteiger partial charge on any atom is -0.357 e. The molecule has 0 aliphatic heterocycles. The van der Waals surface area contributed by atoms with Gasteiger partial charge in [0, 0.05) is 19.2 Å². The van der Waals surface area contributed by atoms with Crippen LogP contribution in [0, 0.1) is 0 Å². The molecule has 0 aliphatic rings. The van der Waals surface area contributed by atoms with Gasteiger partial charge in [-0.25, -0.2) is 0 Å². The average Bonchev–Trinajstić information content (AvgIpc) is 2.46. The van der Waals surface area contributed by atoms with Crippen LogP contribution in [0.5, 0.6) is 0 Å². The van der Waals surface area contributed by atoms with Gasteiger partial charge >= 0.3 is 0 Å². The van der Waals surface area contributed by atoms with Crippen molar-refractivity contribution in [3.05, 3.63) is 35.4 Å². The summed E-state index contributed by atoms with van der Waals surface area (Å²) in [4.78, 5) is 23.7. The molecule has 0 saturated heterocycles. The predicted molar refractivity (Wildman–Crippen MR) is 74.6 cm³/mol. The van der Waals surface area contributed by atoms with E-state index in [0.29, 0.717) is 18.5 Å². The van der Waals surface area contributed by atoms with Gasteiger partial charge in [-0.3, -0.25) is 9.59 Å². The molecule has 1 aromatic carbocycles. The van der Waals surface area contributed by atoms with Gasteiger partial charge in [-0.05, 0) is 24.1 Å². The Balaban J connectivity index is 2.72. The van der Waals surface area contributed by atoms with Crippen molar-refractivity contribution in [3.8, 4) is 0 Å². The van der Waals surface area contributed by atoms with E-state index in [9.17, 15) is 9.59 Å². The first-order valence-corrected chi connectivity index (χ1v) is 6.43. The van der Waals surface area contributed by atoms with Crippen LogP contribution < -0.4 is 16.4 Å². The topological polar surface area (TPSA) is 84.2 Å². The molecule has 0 fully saturated rings. The Morgan fingerprint density at radius 3 is 2.37 bits per heavy atom. The Morgan fingerprint density at radius 2 is 1.89 bits per heavy atom. The molecule has 0 spiro atoms. The van der Waals surface area contributed by atoms with E-state index in [0.717, 1.165) is 12.0 Å². The zero-order valence-electron chi connectivity index (χ0n) is 11.4. The van der Waals surface area contributed by atoms with Crippen molar-refractivity contribution >= 4 is 11.8 Å². The van der Waals surface area contributed by atoms with Crippen molar-refractivity contribution in [1.29, 1.82) is 0 Å². The summed E-state index contributed by atoms with van der Waals surface area (Å²) in [5, 5.41) is 5.29. The van der Waals surface area contributed by atoms with Crippen LogP contribution in [0.25, 0.3) is 0 Å². The van der Waals surface area contributed by atoms with Crippen LogP contribution in [0.1, 0.15) is 35.7 Å². The largest absolute Gasteiger partial charge is 0.357 e. The van der Waals surface area contributed by atoms with Crippen LogP contribution in [0.15, 0.2) is 24.3 Å². The highest BCUT2D eigenvalue weighted by Crippen LogP contribution is 2.05. The van der Waals surface area contributed by atoms with Gasteiger partial charge in [0.2, 0.25) is 5.91 Å². The molecule has 5 nitrogen and oxygen atoms in total. The number of nitrogens with one attached hydrogen (secondary N) is 2.